The maximum Gasteiger partial charge on any atom is 0.0692 e. The van der Waals surface area contributed by atoms with Gasteiger partial charge >= 0.3 is 0 Å². The van der Waals surface area contributed by atoms with Crippen LogP contribution in [0.15, 0.2) is 24.1 Å². The summed E-state index contributed by atoms with van der Waals surface area (Å²) in [5.41, 5.74) is 4.81. The van der Waals surface area contributed by atoms with Crippen molar-refractivity contribution >= 4 is 0 Å². The first-order valence-electron chi connectivity index (χ1n) is 1.62. The molecule has 0 amide bonds. The van der Waals surface area contributed by atoms with Crippen LogP contribution in [0.4, 0.5) is 0 Å². The molecule has 0 aliphatic carbocycles. The van der Waals surface area contributed by atoms with E-state index in [2.05, 4.69) is 18.0 Å². The van der Waals surface area contributed by atoms with Gasteiger partial charge in [-0.25, -0.2) is 0 Å². The molecule has 0 saturated carbocycles. The van der Waals surface area contributed by atoms with Crippen LogP contribution in [0.2, 0.25) is 0 Å². The van der Waals surface area contributed by atoms with E-state index in [9.17, 15) is 0 Å². The van der Waals surface area contributed by atoms with E-state index < -0.39 is 0 Å². The van der Waals surface area contributed by atoms with E-state index in [4.69, 9.17) is 5.11 Å². The lowest BCUT2D eigenvalue weighted by atomic mass is 10.6. The Hall–Kier alpha value is -0.740. The molecule has 0 aliphatic rings. The number of aliphatic hydroxyl groups excluding tert-OH is 1. The smallest absolute Gasteiger partial charge is 0.0692 e. The zero-order valence-electron chi connectivity index (χ0n) is 3.44. The van der Waals surface area contributed by atoms with Crippen molar-refractivity contribution in [2.24, 2.45) is 0 Å². The first kappa shape index (κ1) is 5.26. The van der Waals surface area contributed by atoms with Crippen molar-refractivity contribution in [3.63, 3.8) is 0 Å². The van der Waals surface area contributed by atoms with Gasteiger partial charge in [-0.2, -0.15) is 0 Å². The van der Waals surface area contributed by atoms with Crippen molar-refractivity contribution in [3.05, 3.63) is 24.1 Å². The highest BCUT2D eigenvalue weighted by Crippen LogP contribution is 1.55. The summed E-state index contributed by atoms with van der Waals surface area (Å²) < 4.78 is 0. The van der Waals surface area contributed by atoms with Gasteiger partial charge in [0.2, 0.25) is 0 Å². The molecule has 0 rings (SSSR count). The van der Waals surface area contributed by atoms with Crippen molar-refractivity contribution in [2.75, 3.05) is 6.61 Å². The van der Waals surface area contributed by atoms with Crippen LogP contribution in [0.3, 0.4) is 0 Å². The highest BCUT2D eigenvalue weighted by molar-refractivity contribution is 4.79. The molecule has 0 atom stereocenters. The second-order valence-corrected chi connectivity index (χ2v) is 0.708. The molecule has 1 N–H and O–H groups in total. The van der Waals surface area contributed by atoms with Gasteiger partial charge in [0.05, 0.1) is 6.61 Å². The average Bonchev–Trinajstić information content (AvgIpc) is 1.61. The minimum absolute atomic E-state index is 0.0164. The summed E-state index contributed by atoms with van der Waals surface area (Å²) in [7, 11) is 0. The molecular formula is C5H6O. The SMILES string of the molecule is C=C=C=CCO. The van der Waals surface area contributed by atoms with Crippen LogP contribution in [0.25, 0.3) is 0 Å². The summed E-state index contributed by atoms with van der Waals surface area (Å²) in [5, 5.41) is 8.01. The molecule has 0 unspecified atom stereocenters. The summed E-state index contributed by atoms with van der Waals surface area (Å²) in [5.74, 6) is 0. The molecule has 0 spiro atoms. The molecule has 0 radical (unpaired) electrons. The Morgan fingerprint density at radius 3 is 2.67 bits per heavy atom. The van der Waals surface area contributed by atoms with Gasteiger partial charge in [-0.05, 0) is 12.7 Å². The third kappa shape index (κ3) is 3.26. The lowest BCUT2D eigenvalue weighted by Crippen LogP contribution is -1.64. The van der Waals surface area contributed by atoms with Crippen molar-refractivity contribution in [3.8, 4) is 0 Å². The van der Waals surface area contributed by atoms with E-state index in [1.165, 1.54) is 6.08 Å². The fourth-order valence-electron chi connectivity index (χ4n) is 0.118. The van der Waals surface area contributed by atoms with Crippen LogP contribution >= 0.6 is 0 Å². The van der Waals surface area contributed by atoms with Gasteiger partial charge < -0.3 is 5.11 Å². The minimum Gasteiger partial charge on any atom is -0.392 e. The van der Waals surface area contributed by atoms with Crippen molar-refractivity contribution in [2.45, 2.75) is 0 Å². The molecule has 6 heavy (non-hydrogen) atoms. The highest BCUT2D eigenvalue weighted by atomic mass is 16.2. The van der Waals surface area contributed by atoms with Crippen molar-refractivity contribution < 1.29 is 5.11 Å². The summed E-state index contributed by atoms with van der Waals surface area (Å²) in [6.07, 6.45) is 1.44. The van der Waals surface area contributed by atoms with Gasteiger partial charge in [0.25, 0.3) is 0 Å². The standard InChI is InChI=1S/C5H6O/c1-2-3-4-5-6/h4,6H,1,5H2. The third-order valence-corrected chi connectivity index (χ3v) is 0.295. The topological polar surface area (TPSA) is 20.2 Å². The molecule has 0 heterocycles. The number of hydrogen-bond acceptors (Lipinski definition) is 1. The maximum atomic E-state index is 8.01. The predicted octanol–water partition coefficient (Wildman–Crippen LogP) is 0.475. The van der Waals surface area contributed by atoms with E-state index >= 15 is 0 Å². The number of hydrogen-bond donors (Lipinski definition) is 1. The van der Waals surface area contributed by atoms with E-state index in [0.717, 1.165) is 0 Å². The van der Waals surface area contributed by atoms with E-state index in [1.807, 2.05) is 0 Å². The molecule has 0 aromatic carbocycles. The van der Waals surface area contributed by atoms with Crippen LogP contribution in [0.5, 0.6) is 0 Å². The Balaban J connectivity index is 3.47. The molecule has 1 heteroatoms. The van der Waals surface area contributed by atoms with Crippen LogP contribution < -0.4 is 0 Å². The Morgan fingerprint density at radius 2 is 2.50 bits per heavy atom. The van der Waals surface area contributed by atoms with Gasteiger partial charge in [-0.1, -0.05) is 11.5 Å². The molecule has 0 aliphatic heterocycles. The molecule has 0 aromatic rings. The van der Waals surface area contributed by atoms with Gasteiger partial charge in [0.15, 0.2) is 0 Å². The summed E-state index contributed by atoms with van der Waals surface area (Å²) >= 11 is 0. The lowest BCUT2D eigenvalue weighted by molar-refractivity contribution is 0.343. The Labute approximate surface area is 36.9 Å². The first-order chi connectivity index (χ1) is 2.91. The van der Waals surface area contributed by atoms with E-state index in [0.29, 0.717) is 0 Å². The van der Waals surface area contributed by atoms with Gasteiger partial charge in [0, 0.05) is 0 Å². The Morgan fingerprint density at radius 1 is 1.83 bits per heavy atom. The van der Waals surface area contributed by atoms with Crippen molar-refractivity contribution in [1.29, 1.82) is 0 Å². The summed E-state index contributed by atoms with van der Waals surface area (Å²) in [6, 6.07) is 0. The molecular weight excluding hydrogens is 76.1 g/mol. The lowest BCUT2D eigenvalue weighted by Gasteiger charge is -1.61. The fraction of sp³-hybridized carbons (Fsp3) is 0.200. The summed E-state index contributed by atoms with van der Waals surface area (Å²) in [4.78, 5) is 0. The molecule has 0 aromatic heterocycles. The zero-order chi connectivity index (χ0) is 4.83. The minimum atomic E-state index is 0.0164. The van der Waals surface area contributed by atoms with E-state index in [1.54, 1.807) is 0 Å². The number of aliphatic hydroxyl groups is 1. The quantitative estimate of drug-likeness (QED) is 0.456. The second-order valence-electron chi connectivity index (χ2n) is 0.708. The van der Waals surface area contributed by atoms with Gasteiger partial charge in [0.1, 0.15) is 0 Å². The van der Waals surface area contributed by atoms with Gasteiger partial charge in [-0.15, -0.1) is 0 Å². The molecule has 0 bridgehead atoms. The molecule has 32 valence electrons. The highest BCUT2D eigenvalue weighted by Gasteiger charge is 1.51. The first-order valence-corrected chi connectivity index (χ1v) is 1.62. The third-order valence-electron chi connectivity index (χ3n) is 0.295. The molecule has 1 nitrogen and oxygen atoms in total. The van der Waals surface area contributed by atoms with Crippen molar-refractivity contribution in [1.82, 2.24) is 0 Å². The molecule has 0 fully saturated rings. The largest absolute Gasteiger partial charge is 0.392 e. The van der Waals surface area contributed by atoms with E-state index in [-0.39, 0.29) is 6.61 Å². The summed E-state index contributed by atoms with van der Waals surface area (Å²) in [6.45, 7) is 3.24. The second kappa shape index (κ2) is 4.26. The Bertz CT molecular complexity index is 92.5. The van der Waals surface area contributed by atoms with Crippen LogP contribution in [-0.4, -0.2) is 11.7 Å². The Kier molecular flexibility index (Phi) is 3.73. The zero-order valence-corrected chi connectivity index (χ0v) is 3.44. The normalized spacial score (nSPS) is 5.50. The van der Waals surface area contributed by atoms with Crippen LogP contribution in [0, 0.1) is 0 Å². The maximum absolute atomic E-state index is 8.01. The monoisotopic (exact) mass is 82.0 g/mol. The van der Waals surface area contributed by atoms with Crippen LogP contribution in [0.1, 0.15) is 0 Å². The average molecular weight is 82.1 g/mol. The number of rotatable bonds is 1. The predicted molar refractivity (Wildman–Crippen MR) is 24.3 cm³/mol. The van der Waals surface area contributed by atoms with Gasteiger partial charge in [-0.3, -0.25) is 0 Å². The molecule has 0 saturated heterocycles. The fourth-order valence-corrected chi connectivity index (χ4v) is 0.118. The van der Waals surface area contributed by atoms with Crippen LogP contribution in [-0.2, 0) is 0 Å².